The first kappa shape index (κ1) is 21.4. The molecule has 0 spiro atoms. The minimum absolute atomic E-state index is 0.221. The predicted molar refractivity (Wildman–Crippen MR) is 126 cm³/mol. The van der Waals surface area contributed by atoms with Crippen LogP contribution in [0.2, 0.25) is 0 Å². The lowest BCUT2D eigenvalue weighted by molar-refractivity contribution is 0.0696. The molecule has 0 radical (unpaired) electrons. The van der Waals surface area contributed by atoms with Gasteiger partial charge in [0, 0.05) is 32.4 Å². The summed E-state index contributed by atoms with van der Waals surface area (Å²) in [6.07, 6.45) is 0.479. The van der Waals surface area contributed by atoms with Gasteiger partial charge in [0.15, 0.2) is 0 Å². The van der Waals surface area contributed by atoms with Crippen LogP contribution in [0.4, 0.5) is 0 Å². The van der Waals surface area contributed by atoms with Gasteiger partial charge in [-0.15, -0.1) is 11.3 Å². The summed E-state index contributed by atoms with van der Waals surface area (Å²) in [5, 5.41) is 21.6. The number of nitrogens with zero attached hydrogens (tertiary/aromatic N) is 1. The van der Waals surface area contributed by atoms with Crippen LogP contribution < -0.4 is 0 Å². The lowest BCUT2D eigenvalue weighted by Gasteiger charge is -2.05. The Hall–Kier alpha value is -2.35. The molecule has 0 aliphatic carbocycles. The van der Waals surface area contributed by atoms with Crippen LogP contribution in [0, 0.1) is 0 Å². The Balaban J connectivity index is 1.70. The van der Waals surface area contributed by atoms with E-state index in [-0.39, 0.29) is 11.3 Å². The van der Waals surface area contributed by atoms with E-state index in [1.54, 1.807) is 18.2 Å². The molecule has 0 saturated carbocycles. The van der Waals surface area contributed by atoms with E-state index in [4.69, 9.17) is 17.3 Å². The van der Waals surface area contributed by atoms with Crippen LogP contribution in [-0.4, -0.2) is 33.3 Å². The van der Waals surface area contributed by atoms with Crippen LogP contribution in [0.5, 0.6) is 5.75 Å². The molecule has 2 N–H and O–H groups in total. The average Bonchev–Trinajstić information content (AvgIpc) is 3.08. The van der Waals surface area contributed by atoms with Gasteiger partial charge in [-0.25, -0.2) is 4.79 Å². The number of halogens is 1. The smallest absolute Gasteiger partial charge is 0.335 e. The first-order valence-corrected chi connectivity index (χ1v) is 10.8. The molecule has 2 aromatic carbocycles. The number of aliphatic imine (C=N–C) groups is 1. The van der Waals surface area contributed by atoms with Crippen LogP contribution in [-0.2, 0) is 6.42 Å². The molecule has 0 bridgehead atoms. The molecular weight excluding hydrogens is 470 g/mol. The maximum Gasteiger partial charge on any atom is 0.335 e. The Kier molecular flexibility index (Phi) is 6.95. The number of thiocarbonyl (C=S) groups is 1. The van der Waals surface area contributed by atoms with Gasteiger partial charge in [0.1, 0.15) is 5.75 Å². The van der Waals surface area contributed by atoms with Crippen LogP contribution in [0.3, 0.4) is 0 Å². The summed E-state index contributed by atoms with van der Waals surface area (Å²) in [4.78, 5) is 17.1. The summed E-state index contributed by atoms with van der Waals surface area (Å²) in [6, 6.07) is 14.5. The highest BCUT2D eigenvalue weighted by atomic mass is 79.9. The quantitative estimate of drug-likeness (QED) is 0.316. The Labute approximate surface area is 186 Å². The molecule has 7 heteroatoms. The molecule has 1 aromatic heterocycles. The monoisotopic (exact) mass is 487 g/mol. The standard InChI is InChI=1S/C22H18BrNO3S2/c1-13(19-12-29-21(20(19)25)15-5-7-17(23)8-6-15)24-11-18(28)10-14-3-2-4-16(9-14)22(26)27/h2-9,12,25H,10-11H2,1H3,(H,26,27). The van der Waals surface area contributed by atoms with E-state index in [1.165, 1.54) is 11.3 Å². The third-order valence-corrected chi connectivity index (χ3v) is 6.15. The fraction of sp³-hybridized carbons (Fsp3) is 0.136. The largest absolute Gasteiger partial charge is 0.506 e. The Morgan fingerprint density at radius 1 is 1.21 bits per heavy atom. The van der Waals surface area contributed by atoms with Crippen molar-refractivity contribution in [1.29, 1.82) is 0 Å². The van der Waals surface area contributed by atoms with Crippen molar-refractivity contribution in [3.63, 3.8) is 0 Å². The molecule has 3 aromatic rings. The lowest BCUT2D eigenvalue weighted by Crippen LogP contribution is -2.07. The number of carboxylic acid groups (broad SMARTS) is 1. The molecule has 29 heavy (non-hydrogen) atoms. The molecular formula is C22H18BrNO3S2. The maximum atomic E-state index is 11.1. The van der Waals surface area contributed by atoms with E-state index in [0.29, 0.717) is 29.1 Å². The SMILES string of the molecule is CC(=NCC(=S)Cc1cccc(C(=O)O)c1)c1csc(-c2ccc(Br)cc2)c1O. The van der Waals surface area contributed by atoms with E-state index in [9.17, 15) is 9.90 Å². The Morgan fingerprint density at radius 2 is 1.93 bits per heavy atom. The van der Waals surface area contributed by atoms with Gasteiger partial charge in [0.2, 0.25) is 0 Å². The van der Waals surface area contributed by atoms with Gasteiger partial charge in [-0.05, 0) is 42.3 Å². The Morgan fingerprint density at radius 3 is 2.62 bits per heavy atom. The second-order valence-corrected chi connectivity index (χ2v) is 8.83. The van der Waals surface area contributed by atoms with Crippen LogP contribution in [0.15, 0.2) is 63.4 Å². The Bertz CT molecular complexity index is 1090. The second kappa shape index (κ2) is 9.43. The van der Waals surface area contributed by atoms with E-state index < -0.39 is 5.97 Å². The zero-order valence-corrected chi connectivity index (χ0v) is 18.8. The lowest BCUT2D eigenvalue weighted by atomic mass is 10.1. The van der Waals surface area contributed by atoms with Gasteiger partial charge in [0.05, 0.1) is 17.0 Å². The van der Waals surface area contributed by atoms with E-state index in [1.807, 2.05) is 42.6 Å². The first-order valence-electron chi connectivity index (χ1n) is 8.77. The van der Waals surface area contributed by atoms with Crippen molar-refractivity contribution in [1.82, 2.24) is 0 Å². The minimum atomic E-state index is -0.957. The van der Waals surface area contributed by atoms with Gasteiger partial charge in [-0.3, -0.25) is 4.99 Å². The van der Waals surface area contributed by atoms with Gasteiger partial charge < -0.3 is 10.2 Å². The van der Waals surface area contributed by atoms with Crippen LogP contribution in [0.1, 0.15) is 28.4 Å². The average molecular weight is 488 g/mol. The molecule has 0 saturated heterocycles. The van der Waals surface area contributed by atoms with Gasteiger partial charge in [-0.2, -0.15) is 0 Å². The summed E-state index contributed by atoms with van der Waals surface area (Å²) < 4.78 is 0.984. The predicted octanol–water partition coefficient (Wildman–Crippen LogP) is 6.00. The highest BCUT2D eigenvalue weighted by molar-refractivity contribution is 9.10. The van der Waals surface area contributed by atoms with E-state index in [2.05, 4.69) is 20.9 Å². The number of rotatable bonds is 7. The molecule has 0 aliphatic rings. The van der Waals surface area contributed by atoms with Crippen molar-refractivity contribution in [2.45, 2.75) is 13.3 Å². The molecule has 1 heterocycles. The normalized spacial score (nSPS) is 11.4. The number of carboxylic acids is 1. The number of carbonyl (C=O) groups is 1. The number of hydrogen-bond acceptors (Lipinski definition) is 5. The first-order chi connectivity index (χ1) is 13.8. The second-order valence-electron chi connectivity index (χ2n) is 6.46. The van der Waals surface area contributed by atoms with Crippen molar-refractivity contribution in [2.75, 3.05) is 6.54 Å². The highest BCUT2D eigenvalue weighted by Crippen LogP contribution is 2.39. The summed E-state index contributed by atoms with van der Waals surface area (Å²) in [7, 11) is 0. The molecule has 0 aliphatic heterocycles. The van der Waals surface area contributed by atoms with Crippen molar-refractivity contribution < 1.29 is 15.0 Å². The molecule has 0 unspecified atom stereocenters. The van der Waals surface area contributed by atoms with E-state index in [0.717, 1.165) is 20.5 Å². The minimum Gasteiger partial charge on any atom is -0.506 e. The van der Waals surface area contributed by atoms with Crippen molar-refractivity contribution >= 4 is 56.0 Å². The number of thiophene rings is 1. The molecule has 4 nitrogen and oxygen atoms in total. The van der Waals surface area contributed by atoms with E-state index >= 15 is 0 Å². The maximum absolute atomic E-state index is 11.1. The summed E-state index contributed by atoms with van der Waals surface area (Å²) in [6.45, 7) is 2.18. The van der Waals surface area contributed by atoms with Gasteiger partial charge in [0.25, 0.3) is 0 Å². The summed E-state index contributed by atoms with van der Waals surface area (Å²) >= 11 is 10.3. The zero-order valence-electron chi connectivity index (χ0n) is 15.6. The number of hydrogen-bond donors (Lipinski definition) is 2. The topological polar surface area (TPSA) is 69.9 Å². The molecule has 0 amide bonds. The van der Waals surface area contributed by atoms with Crippen LogP contribution >= 0.6 is 39.5 Å². The number of aromatic carboxylic acids is 1. The molecule has 148 valence electrons. The third-order valence-electron chi connectivity index (χ3n) is 4.33. The molecule has 3 rings (SSSR count). The zero-order chi connectivity index (χ0) is 21.0. The fourth-order valence-electron chi connectivity index (χ4n) is 2.80. The fourth-order valence-corrected chi connectivity index (χ4v) is 4.31. The summed E-state index contributed by atoms with van der Waals surface area (Å²) in [5.41, 5.74) is 3.45. The van der Waals surface area contributed by atoms with Crippen molar-refractivity contribution in [3.05, 3.63) is 75.1 Å². The molecule has 0 atom stereocenters. The third kappa shape index (κ3) is 5.38. The highest BCUT2D eigenvalue weighted by Gasteiger charge is 2.14. The van der Waals surface area contributed by atoms with Crippen molar-refractivity contribution in [3.8, 4) is 16.2 Å². The van der Waals surface area contributed by atoms with Gasteiger partial charge in [-0.1, -0.05) is 52.4 Å². The van der Waals surface area contributed by atoms with Gasteiger partial charge >= 0.3 is 5.97 Å². The molecule has 0 fully saturated rings. The number of aromatic hydroxyl groups is 1. The number of benzene rings is 2. The summed E-state index contributed by atoms with van der Waals surface area (Å²) in [5.74, 6) is -0.736. The van der Waals surface area contributed by atoms with Crippen molar-refractivity contribution in [2.24, 2.45) is 4.99 Å². The van der Waals surface area contributed by atoms with Crippen LogP contribution in [0.25, 0.3) is 10.4 Å².